The molecular weight excluding hydrogens is 236 g/mol. The lowest BCUT2D eigenvalue weighted by Gasteiger charge is -2.18. The third kappa shape index (κ3) is 5.60. The van der Waals surface area contributed by atoms with Crippen LogP contribution in [0.5, 0.6) is 5.75 Å². The molecule has 0 bridgehead atoms. The minimum absolute atomic E-state index is 0.365. The van der Waals surface area contributed by atoms with E-state index in [-0.39, 0.29) is 0 Å². The number of hydrogen-bond acceptors (Lipinski definition) is 3. The number of nitrogens with one attached hydrogen (secondary N) is 1. The van der Waals surface area contributed by atoms with Gasteiger partial charge >= 0.3 is 0 Å². The molecule has 3 heteroatoms. The van der Waals surface area contributed by atoms with Gasteiger partial charge < -0.3 is 10.1 Å². The van der Waals surface area contributed by atoms with Crippen molar-refractivity contribution in [2.75, 3.05) is 14.2 Å². The highest BCUT2D eigenvalue weighted by molar-refractivity contribution is 5.32. The summed E-state index contributed by atoms with van der Waals surface area (Å²) < 4.78 is 5.39. The Morgan fingerprint density at radius 1 is 1.21 bits per heavy atom. The molecule has 0 spiro atoms. The van der Waals surface area contributed by atoms with Crippen LogP contribution in [0.1, 0.15) is 63.5 Å². The molecule has 0 aliphatic rings. The van der Waals surface area contributed by atoms with E-state index in [0.29, 0.717) is 6.04 Å². The summed E-state index contributed by atoms with van der Waals surface area (Å²) in [7, 11) is 3.72. The first-order valence-corrected chi connectivity index (χ1v) is 7.48. The zero-order valence-corrected chi connectivity index (χ0v) is 12.6. The number of methoxy groups -OCH3 is 1. The number of aromatic nitrogens is 1. The average molecular weight is 264 g/mol. The molecule has 1 unspecified atom stereocenters. The summed E-state index contributed by atoms with van der Waals surface area (Å²) in [5.41, 5.74) is 1.22. The molecule has 19 heavy (non-hydrogen) atoms. The molecule has 0 amide bonds. The van der Waals surface area contributed by atoms with Crippen molar-refractivity contribution in [3.05, 3.63) is 24.0 Å². The van der Waals surface area contributed by atoms with Crippen LogP contribution >= 0.6 is 0 Å². The van der Waals surface area contributed by atoms with Gasteiger partial charge in [-0.25, -0.2) is 0 Å². The Labute approximate surface area is 117 Å². The van der Waals surface area contributed by atoms with E-state index >= 15 is 0 Å². The largest absolute Gasteiger partial charge is 0.495 e. The predicted molar refractivity (Wildman–Crippen MR) is 80.6 cm³/mol. The van der Waals surface area contributed by atoms with Gasteiger partial charge in [0.05, 0.1) is 13.3 Å². The van der Waals surface area contributed by atoms with E-state index in [2.05, 4.69) is 23.3 Å². The molecule has 0 saturated carbocycles. The second-order valence-corrected chi connectivity index (χ2v) is 5.02. The maximum Gasteiger partial charge on any atom is 0.141 e. The van der Waals surface area contributed by atoms with Crippen LogP contribution in [0.25, 0.3) is 0 Å². The molecule has 1 atom stereocenters. The van der Waals surface area contributed by atoms with Gasteiger partial charge in [-0.1, -0.05) is 45.4 Å². The Kier molecular flexibility index (Phi) is 8.23. The van der Waals surface area contributed by atoms with Crippen molar-refractivity contribution in [1.82, 2.24) is 10.3 Å². The smallest absolute Gasteiger partial charge is 0.141 e. The van der Waals surface area contributed by atoms with Crippen molar-refractivity contribution < 1.29 is 4.74 Å². The minimum atomic E-state index is 0.365. The molecule has 0 radical (unpaired) electrons. The highest BCUT2D eigenvalue weighted by atomic mass is 16.5. The zero-order valence-electron chi connectivity index (χ0n) is 12.6. The molecule has 1 aromatic rings. The lowest BCUT2D eigenvalue weighted by molar-refractivity contribution is 0.394. The summed E-state index contributed by atoms with van der Waals surface area (Å²) in [5, 5.41) is 3.39. The fraction of sp³-hybridized carbons (Fsp3) is 0.688. The van der Waals surface area contributed by atoms with Gasteiger partial charge in [0.15, 0.2) is 0 Å². The van der Waals surface area contributed by atoms with Crippen molar-refractivity contribution in [3.8, 4) is 5.75 Å². The molecule has 1 aromatic heterocycles. The second kappa shape index (κ2) is 9.79. The predicted octanol–water partition coefficient (Wildman–Crippen LogP) is 4.10. The Bertz CT molecular complexity index is 341. The molecule has 0 aliphatic carbocycles. The number of nitrogens with zero attached hydrogens (tertiary/aromatic N) is 1. The van der Waals surface area contributed by atoms with Gasteiger partial charge in [-0.15, -0.1) is 0 Å². The van der Waals surface area contributed by atoms with Crippen LogP contribution in [0.15, 0.2) is 18.5 Å². The third-order valence-electron chi connectivity index (χ3n) is 3.61. The maximum atomic E-state index is 5.39. The average Bonchev–Trinajstić information content (AvgIpc) is 2.47. The number of pyridine rings is 1. The highest BCUT2D eigenvalue weighted by Crippen LogP contribution is 2.27. The number of hydrogen-bond donors (Lipinski definition) is 1. The SMILES string of the molecule is CCCCCCCCC(NC)c1ccncc1OC. The first-order chi connectivity index (χ1) is 9.33. The van der Waals surface area contributed by atoms with E-state index in [9.17, 15) is 0 Å². The van der Waals surface area contributed by atoms with Crippen LogP contribution in [-0.4, -0.2) is 19.1 Å². The summed E-state index contributed by atoms with van der Waals surface area (Å²) in [4.78, 5) is 4.11. The number of ether oxygens (including phenoxy) is 1. The summed E-state index contributed by atoms with van der Waals surface area (Å²) in [6.07, 6.45) is 12.8. The molecule has 0 fully saturated rings. The fourth-order valence-corrected chi connectivity index (χ4v) is 2.43. The van der Waals surface area contributed by atoms with Gasteiger partial charge in [0, 0.05) is 17.8 Å². The molecule has 0 aromatic carbocycles. The quantitative estimate of drug-likeness (QED) is 0.646. The molecule has 3 nitrogen and oxygen atoms in total. The first kappa shape index (κ1) is 16.0. The molecular formula is C16H28N2O. The van der Waals surface area contributed by atoms with Gasteiger partial charge in [-0.05, 0) is 19.5 Å². The minimum Gasteiger partial charge on any atom is -0.495 e. The fourth-order valence-electron chi connectivity index (χ4n) is 2.43. The summed E-state index contributed by atoms with van der Waals surface area (Å²) in [6.45, 7) is 2.26. The monoisotopic (exact) mass is 264 g/mol. The second-order valence-electron chi connectivity index (χ2n) is 5.02. The molecule has 1 heterocycles. The van der Waals surface area contributed by atoms with Gasteiger partial charge in [0.25, 0.3) is 0 Å². The number of unbranched alkanes of at least 4 members (excludes halogenated alkanes) is 5. The molecule has 1 rings (SSSR count). The Hall–Kier alpha value is -1.09. The van der Waals surface area contributed by atoms with Gasteiger partial charge in [0.1, 0.15) is 5.75 Å². The van der Waals surface area contributed by atoms with Crippen molar-refractivity contribution in [1.29, 1.82) is 0 Å². The van der Waals surface area contributed by atoms with Crippen LogP contribution in [0, 0.1) is 0 Å². The van der Waals surface area contributed by atoms with Gasteiger partial charge in [-0.2, -0.15) is 0 Å². The topological polar surface area (TPSA) is 34.2 Å². The summed E-state index contributed by atoms with van der Waals surface area (Å²) >= 11 is 0. The van der Waals surface area contributed by atoms with Crippen LogP contribution in [0.2, 0.25) is 0 Å². The van der Waals surface area contributed by atoms with E-state index in [1.807, 2.05) is 13.2 Å². The van der Waals surface area contributed by atoms with Crippen LogP contribution in [0.3, 0.4) is 0 Å². The molecule has 0 aliphatic heterocycles. The summed E-state index contributed by atoms with van der Waals surface area (Å²) in [5.74, 6) is 0.882. The standard InChI is InChI=1S/C16H28N2O/c1-4-5-6-7-8-9-10-15(17-2)14-11-12-18-13-16(14)19-3/h11-13,15,17H,4-10H2,1-3H3. The zero-order chi connectivity index (χ0) is 13.9. The lowest BCUT2D eigenvalue weighted by atomic mass is 10.00. The Morgan fingerprint density at radius 2 is 1.95 bits per heavy atom. The van der Waals surface area contributed by atoms with Crippen LogP contribution in [-0.2, 0) is 0 Å². The first-order valence-electron chi connectivity index (χ1n) is 7.48. The van der Waals surface area contributed by atoms with Crippen molar-refractivity contribution in [2.24, 2.45) is 0 Å². The normalized spacial score (nSPS) is 12.4. The van der Waals surface area contributed by atoms with Crippen LogP contribution < -0.4 is 10.1 Å². The van der Waals surface area contributed by atoms with E-state index in [4.69, 9.17) is 4.74 Å². The van der Waals surface area contributed by atoms with Crippen molar-refractivity contribution >= 4 is 0 Å². The van der Waals surface area contributed by atoms with Crippen molar-refractivity contribution in [3.63, 3.8) is 0 Å². The van der Waals surface area contributed by atoms with E-state index < -0.39 is 0 Å². The lowest BCUT2D eigenvalue weighted by Crippen LogP contribution is -2.17. The molecule has 0 saturated heterocycles. The maximum absolute atomic E-state index is 5.39. The highest BCUT2D eigenvalue weighted by Gasteiger charge is 2.13. The van der Waals surface area contributed by atoms with Crippen molar-refractivity contribution in [2.45, 2.75) is 57.9 Å². The Balaban J connectivity index is 2.40. The molecule has 108 valence electrons. The number of rotatable bonds is 10. The van der Waals surface area contributed by atoms with E-state index in [1.165, 1.54) is 44.1 Å². The van der Waals surface area contributed by atoms with E-state index in [1.54, 1.807) is 13.3 Å². The van der Waals surface area contributed by atoms with Crippen LogP contribution in [0.4, 0.5) is 0 Å². The molecule has 1 N–H and O–H groups in total. The third-order valence-corrected chi connectivity index (χ3v) is 3.61. The van der Waals surface area contributed by atoms with Gasteiger partial charge in [0.2, 0.25) is 0 Å². The summed E-state index contributed by atoms with van der Waals surface area (Å²) in [6, 6.07) is 2.42. The van der Waals surface area contributed by atoms with Gasteiger partial charge in [-0.3, -0.25) is 4.98 Å². The Morgan fingerprint density at radius 3 is 2.63 bits per heavy atom. The van der Waals surface area contributed by atoms with E-state index in [0.717, 1.165) is 12.2 Å².